The fourth-order valence-electron chi connectivity index (χ4n) is 0.724. The van der Waals surface area contributed by atoms with Gasteiger partial charge in [-0.15, -0.1) is 0 Å². The first-order chi connectivity index (χ1) is 4.85. The van der Waals surface area contributed by atoms with Gasteiger partial charge >= 0.3 is 0 Å². The second-order valence-electron chi connectivity index (χ2n) is 2.37. The normalized spacial score (nSPS) is 14.3. The Balaban J connectivity index is 3.34. The molecule has 0 amide bonds. The maximum Gasteiger partial charge on any atom is 0.0925 e. The van der Waals surface area contributed by atoms with Crippen LogP contribution in [0.5, 0.6) is 0 Å². The summed E-state index contributed by atoms with van der Waals surface area (Å²) in [7, 11) is 0. The molecule has 0 saturated carbocycles. The van der Waals surface area contributed by atoms with Crippen molar-refractivity contribution < 1.29 is 4.39 Å². The molecule has 60 valence electrons. The standard InChI is InChI=1S/C8H16FN/c1-2-8(7-9)5-3-4-6-10/h3-4,8H,2,5-7,10H2,1H3/b4-3+. The Kier molecular flexibility index (Phi) is 6.50. The highest BCUT2D eigenvalue weighted by Crippen LogP contribution is 2.08. The molecule has 1 atom stereocenters. The number of nitrogens with two attached hydrogens (primary N) is 1. The van der Waals surface area contributed by atoms with Crippen LogP contribution in [0.3, 0.4) is 0 Å². The Morgan fingerprint density at radius 1 is 1.50 bits per heavy atom. The summed E-state index contributed by atoms with van der Waals surface area (Å²) in [6.45, 7) is 2.34. The van der Waals surface area contributed by atoms with E-state index in [0.29, 0.717) is 6.54 Å². The van der Waals surface area contributed by atoms with E-state index in [0.717, 1.165) is 12.8 Å². The summed E-state index contributed by atoms with van der Waals surface area (Å²) < 4.78 is 12.0. The molecule has 2 N–H and O–H groups in total. The number of hydrogen-bond donors (Lipinski definition) is 1. The van der Waals surface area contributed by atoms with Crippen molar-refractivity contribution in [1.82, 2.24) is 0 Å². The Bertz CT molecular complexity index is 87.3. The van der Waals surface area contributed by atoms with Crippen LogP contribution in [-0.4, -0.2) is 13.2 Å². The lowest BCUT2D eigenvalue weighted by molar-refractivity contribution is 0.355. The first kappa shape index (κ1) is 9.63. The summed E-state index contributed by atoms with van der Waals surface area (Å²) in [4.78, 5) is 0. The molecule has 10 heavy (non-hydrogen) atoms. The van der Waals surface area contributed by atoms with Crippen LogP contribution in [0.25, 0.3) is 0 Å². The third-order valence-corrected chi connectivity index (χ3v) is 1.57. The van der Waals surface area contributed by atoms with Crippen molar-refractivity contribution in [2.75, 3.05) is 13.2 Å². The van der Waals surface area contributed by atoms with E-state index in [2.05, 4.69) is 0 Å². The molecular weight excluding hydrogens is 129 g/mol. The molecule has 0 saturated heterocycles. The van der Waals surface area contributed by atoms with E-state index in [1.807, 2.05) is 19.1 Å². The van der Waals surface area contributed by atoms with Crippen LogP contribution in [-0.2, 0) is 0 Å². The average molecular weight is 145 g/mol. The fourth-order valence-corrected chi connectivity index (χ4v) is 0.724. The molecule has 0 spiro atoms. The van der Waals surface area contributed by atoms with E-state index in [9.17, 15) is 4.39 Å². The highest BCUT2D eigenvalue weighted by Gasteiger charge is 2.00. The van der Waals surface area contributed by atoms with Crippen LogP contribution in [0.15, 0.2) is 12.2 Å². The van der Waals surface area contributed by atoms with Gasteiger partial charge in [0.2, 0.25) is 0 Å². The van der Waals surface area contributed by atoms with Gasteiger partial charge in [-0.1, -0.05) is 25.5 Å². The number of halogens is 1. The van der Waals surface area contributed by atoms with Crippen LogP contribution in [0.4, 0.5) is 4.39 Å². The van der Waals surface area contributed by atoms with Crippen LogP contribution in [0.1, 0.15) is 19.8 Å². The van der Waals surface area contributed by atoms with Gasteiger partial charge in [-0.2, -0.15) is 0 Å². The first-order valence-corrected chi connectivity index (χ1v) is 3.76. The predicted octanol–water partition coefficient (Wildman–Crippen LogP) is 1.89. The number of allylic oxidation sites excluding steroid dienone is 1. The molecule has 0 heterocycles. The van der Waals surface area contributed by atoms with Gasteiger partial charge in [0.1, 0.15) is 0 Å². The van der Waals surface area contributed by atoms with Crippen LogP contribution < -0.4 is 5.73 Å². The molecule has 0 aliphatic heterocycles. The molecular formula is C8H16FN. The Hall–Kier alpha value is -0.370. The smallest absolute Gasteiger partial charge is 0.0925 e. The molecule has 1 nitrogen and oxygen atoms in total. The topological polar surface area (TPSA) is 26.0 Å². The average Bonchev–Trinajstić information content (AvgIpc) is 1.99. The van der Waals surface area contributed by atoms with Gasteiger partial charge in [0, 0.05) is 6.54 Å². The van der Waals surface area contributed by atoms with Gasteiger partial charge in [0.25, 0.3) is 0 Å². The largest absolute Gasteiger partial charge is 0.327 e. The van der Waals surface area contributed by atoms with Crippen LogP contribution in [0, 0.1) is 5.92 Å². The third kappa shape index (κ3) is 4.50. The highest BCUT2D eigenvalue weighted by atomic mass is 19.1. The van der Waals surface area contributed by atoms with E-state index < -0.39 is 0 Å². The second-order valence-corrected chi connectivity index (χ2v) is 2.37. The third-order valence-electron chi connectivity index (χ3n) is 1.57. The van der Waals surface area contributed by atoms with Gasteiger partial charge in [-0.05, 0) is 12.3 Å². The summed E-state index contributed by atoms with van der Waals surface area (Å²) >= 11 is 0. The SMILES string of the molecule is CCC(CF)C/C=C/CN. The zero-order valence-electron chi connectivity index (χ0n) is 6.52. The van der Waals surface area contributed by atoms with Crippen LogP contribution in [0.2, 0.25) is 0 Å². The quantitative estimate of drug-likeness (QED) is 0.587. The number of rotatable bonds is 5. The number of alkyl halides is 1. The van der Waals surface area contributed by atoms with Gasteiger partial charge in [-0.3, -0.25) is 4.39 Å². The van der Waals surface area contributed by atoms with E-state index >= 15 is 0 Å². The lowest BCUT2D eigenvalue weighted by atomic mass is 10.0. The van der Waals surface area contributed by atoms with Crippen molar-refractivity contribution in [3.63, 3.8) is 0 Å². The minimum absolute atomic E-state index is 0.197. The van der Waals surface area contributed by atoms with Crippen molar-refractivity contribution in [1.29, 1.82) is 0 Å². The van der Waals surface area contributed by atoms with E-state index in [4.69, 9.17) is 5.73 Å². The van der Waals surface area contributed by atoms with E-state index in [-0.39, 0.29) is 12.6 Å². The van der Waals surface area contributed by atoms with Gasteiger partial charge < -0.3 is 5.73 Å². The summed E-state index contributed by atoms with van der Waals surface area (Å²) in [5, 5.41) is 0. The monoisotopic (exact) mass is 145 g/mol. The van der Waals surface area contributed by atoms with Crippen molar-refractivity contribution in [3.05, 3.63) is 12.2 Å². The van der Waals surface area contributed by atoms with Crippen molar-refractivity contribution in [2.45, 2.75) is 19.8 Å². The Morgan fingerprint density at radius 2 is 2.20 bits per heavy atom. The Morgan fingerprint density at radius 3 is 2.60 bits per heavy atom. The molecule has 0 aromatic carbocycles. The lowest BCUT2D eigenvalue weighted by Crippen LogP contribution is -1.99. The molecule has 0 rings (SSSR count). The van der Waals surface area contributed by atoms with Crippen molar-refractivity contribution in [2.24, 2.45) is 11.7 Å². The van der Waals surface area contributed by atoms with Gasteiger partial charge in [0.05, 0.1) is 6.67 Å². The number of hydrogen-bond acceptors (Lipinski definition) is 1. The maximum atomic E-state index is 12.0. The summed E-state index contributed by atoms with van der Waals surface area (Å²) in [6.07, 6.45) is 5.56. The summed E-state index contributed by atoms with van der Waals surface area (Å²) in [6, 6.07) is 0. The molecule has 0 aliphatic rings. The molecule has 1 unspecified atom stereocenters. The fraction of sp³-hybridized carbons (Fsp3) is 0.750. The maximum absolute atomic E-state index is 12.0. The summed E-state index contributed by atoms with van der Waals surface area (Å²) in [5.74, 6) is 0.197. The summed E-state index contributed by atoms with van der Waals surface area (Å²) in [5.41, 5.74) is 5.22. The molecule has 0 fully saturated rings. The van der Waals surface area contributed by atoms with Gasteiger partial charge in [0.15, 0.2) is 0 Å². The second kappa shape index (κ2) is 6.75. The molecule has 0 radical (unpaired) electrons. The minimum Gasteiger partial charge on any atom is -0.327 e. The van der Waals surface area contributed by atoms with Gasteiger partial charge in [-0.25, -0.2) is 0 Å². The van der Waals surface area contributed by atoms with E-state index in [1.54, 1.807) is 0 Å². The van der Waals surface area contributed by atoms with E-state index in [1.165, 1.54) is 0 Å². The first-order valence-electron chi connectivity index (χ1n) is 3.76. The zero-order valence-corrected chi connectivity index (χ0v) is 6.52. The minimum atomic E-state index is -0.217. The highest BCUT2D eigenvalue weighted by molar-refractivity contribution is 4.84. The zero-order chi connectivity index (χ0) is 7.82. The predicted molar refractivity (Wildman–Crippen MR) is 42.6 cm³/mol. The Labute approximate surface area is 62.1 Å². The molecule has 0 aliphatic carbocycles. The van der Waals surface area contributed by atoms with Crippen molar-refractivity contribution in [3.8, 4) is 0 Å². The van der Waals surface area contributed by atoms with Crippen molar-refractivity contribution >= 4 is 0 Å². The lowest BCUT2D eigenvalue weighted by Gasteiger charge is -2.04. The van der Waals surface area contributed by atoms with Crippen LogP contribution >= 0.6 is 0 Å². The molecule has 0 aromatic rings. The molecule has 2 heteroatoms. The molecule has 0 aromatic heterocycles. The molecule has 0 bridgehead atoms.